The molecule has 0 spiro atoms. The van der Waals surface area contributed by atoms with Gasteiger partial charge in [-0.1, -0.05) is 24.4 Å². The number of amides is 2. The Balaban J connectivity index is 0.00000192. The Hall–Kier alpha value is -1.30. The van der Waals surface area contributed by atoms with E-state index < -0.39 is 5.91 Å². The molecule has 3 unspecified atom stereocenters. The SMILES string of the molecule is Cl.NC(=O)c1ccc(NC(=O)C2CC3CCCCC3N2)cc1Cl. The summed E-state index contributed by atoms with van der Waals surface area (Å²) >= 11 is 6.00. The number of fused-ring (bicyclic) bond motifs is 1. The minimum Gasteiger partial charge on any atom is -0.366 e. The molecule has 2 amide bonds. The summed E-state index contributed by atoms with van der Waals surface area (Å²) in [5, 5.41) is 6.55. The van der Waals surface area contributed by atoms with Crippen molar-refractivity contribution in [2.45, 2.75) is 44.2 Å². The van der Waals surface area contributed by atoms with Gasteiger partial charge in [-0.25, -0.2) is 0 Å². The molecule has 7 heteroatoms. The zero-order valence-corrected chi connectivity index (χ0v) is 14.3. The lowest BCUT2D eigenvalue weighted by atomic mass is 9.85. The predicted octanol–water partition coefficient (Wildman–Crippen LogP) is 2.72. The van der Waals surface area contributed by atoms with Crippen LogP contribution in [0.15, 0.2) is 18.2 Å². The van der Waals surface area contributed by atoms with Gasteiger partial charge in [-0.2, -0.15) is 0 Å². The van der Waals surface area contributed by atoms with E-state index in [1.807, 2.05) is 0 Å². The van der Waals surface area contributed by atoms with E-state index in [1.54, 1.807) is 12.1 Å². The molecule has 1 aliphatic heterocycles. The van der Waals surface area contributed by atoms with Crippen LogP contribution in [-0.4, -0.2) is 23.9 Å². The molecule has 3 rings (SSSR count). The van der Waals surface area contributed by atoms with Gasteiger partial charge >= 0.3 is 0 Å². The maximum atomic E-state index is 12.4. The second-order valence-electron chi connectivity index (χ2n) is 6.15. The van der Waals surface area contributed by atoms with E-state index in [0.717, 1.165) is 12.8 Å². The maximum absolute atomic E-state index is 12.4. The van der Waals surface area contributed by atoms with E-state index in [0.29, 0.717) is 17.6 Å². The van der Waals surface area contributed by atoms with Crippen molar-refractivity contribution in [2.75, 3.05) is 5.32 Å². The first-order valence-corrected chi connectivity index (χ1v) is 8.08. The number of anilines is 1. The summed E-state index contributed by atoms with van der Waals surface area (Å²) < 4.78 is 0. The second-order valence-corrected chi connectivity index (χ2v) is 6.56. The van der Waals surface area contributed by atoms with Crippen LogP contribution in [0.1, 0.15) is 42.5 Å². The predicted molar refractivity (Wildman–Crippen MR) is 93.1 cm³/mol. The molecule has 2 aliphatic rings. The number of nitrogens with one attached hydrogen (secondary N) is 2. The molecule has 126 valence electrons. The number of benzene rings is 1. The van der Waals surface area contributed by atoms with E-state index in [4.69, 9.17) is 17.3 Å². The van der Waals surface area contributed by atoms with Gasteiger partial charge in [0.2, 0.25) is 11.8 Å². The highest BCUT2D eigenvalue weighted by Gasteiger charge is 2.38. The number of halogens is 2. The lowest BCUT2D eigenvalue weighted by Crippen LogP contribution is -2.39. The highest BCUT2D eigenvalue weighted by Crippen LogP contribution is 2.33. The smallest absolute Gasteiger partial charge is 0.250 e. The minimum atomic E-state index is -0.579. The molecule has 0 radical (unpaired) electrons. The zero-order chi connectivity index (χ0) is 15.7. The van der Waals surface area contributed by atoms with Crippen molar-refractivity contribution in [3.8, 4) is 0 Å². The quantitative estimate of drug-likeness (QED) is 0.777. The molecule has 1 heterocycles. The van der Waals surface area contributed by atoms with Crippen LogP contribution in [-0.2, 0) is 4.79 Å². The molecule has 1 aliphatic carbocycles. The molecule has 4 N–H and O–H groups in total. The van der Waals surface area contributed by atoms with Crippen molar-refractivity contribution >= 4 is 41.5 Å². The molecule has 3 atom stereocenters. The van der Waals surface area contributed by atoms with Crippen LogP contribution in [0.5, 0.6) is 0 Å². The van der Waals surface area contributed by atoms with E-state index >= 15 is 0 Å². The molecule has 1 saturated carbocycles. The van der Waals surface area contributed by atoms with Gasteiger partial charge in [-0.05, 0) is 43.4 Å². The Morgan fingerprint density at radius 3 is 2.65 bits per heavy atom. The van der Waals surface area contributed by atoms with Crippen LogP contribution in [0.3, 0.4) is 0 Å². The first kappa shape index (κ1) is 18.0. The topological polar surface area (TPSA) is 84.2 Å². The number of carbonyl (C=O) groups is 2. The van der Waals surface area contributed by atoms with Crippen LogP contribution in [0.2, 0.25) is 5.02 Å². The van der Waals surface area contributed by atoms with Crippen LogP contribution in [0.25, 0.3) is 0 Å². The third kappa shape index (κ3) is 3.97. The van der Waals surface area contributed by atoms with Crippen molar-refractivity contribution in [2.24, 2.45) is 11.7 Å². The van der Waals surface area contributed by atoms with E-state index in [-0.39, 0.29) is 34.9 Å². The fraction of sp³-hybridized carbons (Fsp3) is 0.500. The van der Waals surface area contributed by atoms with E-state index in [1.165, 1.54) is 25.3 Å². The zero-order valence-electron chi connectivity index (χ0n) is 12.7. The summed E-state index contributed by atoms with van der Waals surface area (Å²) in [6.07, 6.45) is 5.77. The van der Waals surface area contributed by atoms with Crippen molar-refractivity contribution in [3.05, 3.63) is 28.8 Å². The number of carbonyl (C=O) groups excluding carboxylic acids is 2. The Labute approximate surface area is 146 Å². The van der Waals surface area contributed by atoms with E-state index in [9.17, 15) is 9.59 Å². The van der Waals surface area contributed by atoms with Crippen LogP contribution >= 0.6 is 24.0 Å². The largest absolute Gasteiger partial charge is 0.366 e. The number of hydrogen-bond acceptors (Lipinski definition) is 3. The van der Waals surface area contributed by atoms with Gasteiger partial charge in [0.25, 0.3) is 0 Å². The molecule has 0 bridgehead atoms. The number of hydrogen-bond donors (Lipinski definition) is 3. The average molecular weight is 358 g/mol. The van der Waals surface area contributed by atoms with Gasteiger partial charge < -0.3 is 16.4 Å². The number of rotatable bonds is 3. The molecule has 0 aromatic heterocycles. The normalized spacial score (nSPS) is 26.0. The minimum absolute atomic E-state index is 0. The van der Waals surface area contributed by atoms with Gasteiger partial charge in [0.05, 0.1) is 16.6 Å². The third-order valence-corrected chi connectivity index (χ3v) is 4.99. The Morgan fingerprint density at radius 1 is 1.26 bits per heavy atom. The molecule has 1 aromatic carbocycles. The number of nitrogens with two attached hydrogens (primary N) is 1. The molecule has 1 saturated heterocycles. The molecule has 2 fully saturated rings. The third-order valence-electron chi connectivity index (χ3n) is 4.68. The lowest BCUT2D eigenvalue weighted by Gasteiger charge is -2.24. The monoisotopic (exact) mass is 357 g/mol. The highest BCUT2D eigenvalue weighted by atomic mass is 35.5. The van der Waals surface area contributed by atoms with Crippen LogP contribution in [0.4, 0.5) is 5.69 Å². The molecule has 5 nitrogen and oxygen atoms in total. The van der Waals surface area contributed by atoms with Gasteiger partial charge in [-0.3, -0.25) is 9.59 Å². The average Bonchev–Trinajstić information content (AvgIpc) is 2.91. The summed E-state index contributed by atoms with van der Waals surface area (Å²) in [6.45, 7) is 0. The standard InChI is InChI=1S/C16H20ClN3O2.ClH/c17-12-8-10(5-6-11(12)15(18)21)19-16(22)14-7-9-3-1-2-4-13(9)20-14;/h5-6,8-9,13-14,20H,1-4,7H2,(H2,18,21)(H,19,22);1H. The lowest BCUT2D eigenvalue weighted by molar-refractivity contribution is -0.117. The highest BCUT2D eigenvalue weighted by molar-refractivity contribution is 6.34. The summed E-state index contributed by atoms with van der Waals surface area (Å²) in [5.41, 5.74) is 6.05. The molecular formula is C16H21Cl2N3O2. The summed E-state index contributed by atoms with van der Waals surface area (Å²) in [5.74, 6) is -0.00738. The Morgan fingerprint density at radius 2 is 2.00 bits per heavy atom. The second kappa shape index (κ2) is 7.51. The first-order chi connectivity index (χ1) is 10.5. The van der Waals surface area contributed by atoms with Gasteiger partial charge in [-0.15, -0.1) is 12.4 Å². The van der Waals surface area contributed by atoms with Crippen LogP contribution in [0, 0.1) is 5.92 Å². The van der Waals surface area contributed by atoms with Crippen LogP contribution < -0.4 is 16.4 Å². The van der Waals surface area contributed by atoms with Crippen molar-refractivity contribution in [1.29, 1.82) is 0 Å². The van der Waals surface area contributed by atoms with Gasteiger partial charge in [0, 0.05) is 11.7 Å². The van der Waals surface area contributed by atoms with Crippen molar-refractivity contribution in [1.82, 2.24) is 5.32 Å². The Kier molecular flexibility index (Phi) is 5.89. The fourth-order valence-corrected chi connectivity index (χ4v) is 3.82. The summed E-state index contributed by atoms with van der Waals surface area (Å²) in [7, 11) is 0. The van der Waals surface area contributed by atoms with Crippen molar-refractivity contribution < 1.29 is 9.59 Å². The van der Waals surface area contributed by atoms with Gasteiger partial charge in [0.1, 0.15) is 0 Å². The molecule has 23 heavy (non-hydrogen) atoms. The molecule has 1 aromatic rings. The fourth-order valence-electron chi connectivity index (χ4n) is 3.54. The Bertz CT molecular complexity index is 595. The molecular weight excluding hydrogens is 337 g/mol. The number of primary amides is 1. The summed E-state index contributed by atoms with van der Waals surface area (Å²) in [4.78, 5) is 23.5. The van der Waals surface area contributed by atoms with Crippen molar-refractivity contribution in [3.63, 3.8) is 0 Å². The first-order valence-electron chi connectivity index (χ1n) is 7.71. The van der Waals surface area contributed by atoms with Gasteiger partial charge in [0.15, 0.2) is 0 Å². The maximum Gasteiger partial charge on any atom is 0.250 e. The summed E-state index contributed by atoms with van der Waals surface area (Å²) in [6, 6.07) is 5.06. The van der Waals surface area contributed by atoms with E-state index in [2.05, 4.69) is 10.6 Å².